The van der Waals surface area contributed by atoms with Crippen LogP contribution in [0.1, 0.15) is 52.1 Å². The Hall–Kier alpha value is -0.830. The van der Waals surface area contributed by atoms with Crippen LogP contribution in [0.15, 0.2) is 12.4 Å². The summed E-state index contributed by atoms with van der Waals surface area (Å²) in [6, 6.07) is 0.378. The predicted molar refractivity (Wildman–Crippen MR) is 68.4 cm³/mol. The third-order valence-corrected chi connectivity index (χ3v) is 3.42. The topological polar surface area (TPSA) is 29.9 Å². The van der Waals surface area contributed by atoms with E-state index < -0.39 is 0 Å². The quantitative estimate of drug-likeness (QED) is 0.803. The normalized spacial score (nSPS) is 14.1. The number of rotatable bonds is 6. The van der Waals surface area contributed by atoms with E-state index >= 15 is 0 Å². The van der Waals surface area contributed by atoms with E-state index in [0.29, 0.717) is 6.04 Å². The van der Waals surface area contributed by atoms with E-state index in [1.807, 2.05) is 17.9 Å². The highest BCUT2D eigenvalue weighted by Gasteiger charge is 2.28. The van der Waals surface area contributed by atoms with Crippen LogP contribution in [0.4, 0.5) is 0 Å². The summed E-state index contributed by atoms with van der Waals surface area (Å²) in [5, 5.41) is 7.81. The van der Waals surface area contributed by atoms with E-state index in [1.54, 1.807) is 0 Å². The Bertz CT molecular complexity index is 315. The lowest BCUT2D eigenvalue weighted by Gasteiger charge is -2.32. The van der Waals surface area contributed by atoms with Gasteiger partial charge in [-0.3, -0.25) is 4.68 Å². The molecule has 1 N–H and O–H groups in total. The van der Waals surface area contributed by atoms with Crippen LogP contribution in [0.25, 0.3) is 0 Å². The maximum absolute atomic E-state index is 4.40. The summed E-state index contributed by atoms with van der Waals surface area (Å²) in [6.07, 6.45) is 6.44. The molecule has 0 amide bonds. The lowest BCUT2D eigenvalue weighted by Crippen LogP contribution is -2.31. The molecule has 0 aromatic carbocycles. The maximum atomic E-state index is 4.40. The third-order valence-electron chi connectivity index (χ3n) is 3.42. The van der Waals surface area contributed by atoms with Crippen LogP contribution in [0.3, 0.4) is 0 Å². The Kier molecular flexibility index (Phi) is 4.54. The minimum atomic E-state index is 0.259. The predicted octanol–water partition coefficient (Wildman–Crippen LogP) is 2.99. The minimum Gasteiger partial charge on any atom is -0.312 e. The van der Waals surface area contributed by atoms with Crippen molar-refractivity contribution in [2.24, 2.45) is 5.41 Å². The number of aryl methyl sites for hydroxylation is 1. The Morgan fingerprint density at radius 3 is 2.62 bits per heavy atom. The highest BCUT2D eigenvalue weighted by Crippen LogP contribution is 2.35. The van der Waals surface area contributed by atoms with Crippen molar-refractivity contribution in [3.05, 3.63) is 18.0 Å². The van der Waals surface area contributed by atoms with Gasteiger partial charge in [0.15, 0.2) is 0 Å². The van der Waals surface area contributed by atoms with Gasteiger partial charge in [-0.05, 0) is 25.3 Å². The SMILES string of the molecule is CCCn1cc(C(NC)C(C)(C)CC)cn1. The van der Waals surface area contributed by atoms with Crippen molar-refractivity contribution >= 4 is 0 Å². The van der Waals surface area contributed by atoms with Crippen molar-refractivity contribution in [3.8, 4) is 0 Å². The average Bonchev–Trinajstić information content (AvgIpc) is 2.68. The van der Waals surface area contributed by atoms with Crippen molar-refractivity contribution in [3.63, 3.8) is 0 Å². The molecule has 0 spiro atoms. The van der Waals surface area contributed by atoms with E-state index in [2.05, 4.69) is 44.3 Å². The number of aromatic nitrogens is 2. The molecule has 0 saturated carbocycles. The van der Waals surface area contributed by atoms with E-state index in [1.165, 1.54) is 5.56 Å². The Morgan fingerprint density at radius 2 is 2.12 bits per heavy atom. The summed E-state index contributed by atoms with van der Waals surface area (Å²) in [4.78, 5) is 0. The van der Waals surface area contributed by atoms with Gasteiger partial charge in [-0.2, -0.15) is 5.10 Å². The molecule has 0 bridgehead atoms. The zero-order valence-corrected chi connectivity index (χ0v) is 11.2. The van der Waals surface area contributed by atoms with Gasteiger partial charge < -0.3 is 5.32 Å². The highest BCUT2D eigenvalue weighted by atomic mass is 15.3. The van der Waals surface area contributed by atoms with Gasteiger partial charge >= 0.3 is 0 Å². The summed E-state index contributed by atoms with van der Waals surface area (Å²) >= 11 is 0. The summed E-state index contributed by atoms with van der Waals surface area (Å²) in [5.41, 5.74) is 1.55. The first-order valence-corrected chi connectivity index (χ1v) is 6.24. The van der Waals surface area contributed by atoms with Crippen LogP contribution in [0.5, 0.6) is 0 Å². The van der Waals surface area contributed by atoms with E-state index in [4.69, 9.17) is 0 Å². The summed E-state index contributed by atoms with van der Waals surface area (Å²) in [7, 11) is 2.03. The fourth-order valence-corrected chi connectivity index (χ4v) is 2.09. The molecule has 3 heteroatoms. The van der Waals surface area contributed by atoms with Gasteiger partial charge in [0.25, 0.3) is 0 Å². The molecule has 1 heterocycles. The highest BCUT2D eigenvalue weighted by molar-refractivity contribution is 5.13. The molecule has 0 aliphatic heterocycles. The van der Waals surface area contributed by atoms with Gasteiger partial charge in [0.05, 0.1) is 6.20 Å². The molecule has 16 heavy (non-hydrogen) atoms. The van der Waals surface area contributed by atoms with Gasteiger partial charge in [0.1, 0.15) is 0 Å². The van der Waals surface area contributed by atoms with Crippen molar-refractivity contribution in [2.45, 2.75) is 53.1 Å². The average molecular weight is 223 g/mol. The van der Waals surface area contributed by atoms with Gasteiger partial charge in [0.2, 0.25) is 0 Å². The molecule has 92 valence electrons. The van der Waals surface area contributed by atoms with E-state index in [0.717, 1.165) is 19.4 Å². The second kappa shape index (κ2) is 5.48. The summed E-state index contributed by atoms with van der Waals surface area (Å²) in [6.45, 7) is 10.0. The third kappa shape index (κ3) is 2.85. The number of nitrogens with zero attached hydrogens (tertiary/aromatic N) is 2. The van der Waals surface area contributed by atoms with Crippen LogP contribution in [-0.2, 0) is 6.54 Å². The molecule has 1 rings (SSSR count). The maximum Gasteiger partial charge on any atom is 0.0537 e. The van der Waals surface area contributed by atoms with E-state index in [-0.39, 0.29) is 5.41 Å². The van der Waals surface area contributed by atoms with Crippen molar-refractivity contribution in [1.82, 2.24) is 15.1 Å². The Morgan fingerprint density at radius 1 is 1.44 bits per heavy atom. The van der Waals surface area contributed by atoms with Crippen molar-refractivity contribution < 1.29 is 0 Å². The molecule has 3 nitrogen and oxygen atoms in total. The standard InChI is InChI=1S/C13H25N3/c1-6-8-16-10-11(9-15-16)12(14-5)13(3,4)7-2/h9-10,12,14H,6-8H2,1-5H3. The van der Waals surface area contributed by atoms with Crippen LogP contribution >= 0.6 is 0 Å². The molecular weight excluding hydrogens is 198 g/mol. The molecule has 0 aliphatic rings. The first-order valence-electron chi connectivity index (χ1n) is 6.24. The first kappa shape index (κ1) is 13.2. The molecule has 1 atom stereocenters. The molecule has 0 fully saturated rings. The van der Waals surface area contributed by atoms with Gasteiger partial charge in [-0.25, -0.2) is 0 Å². The number of hydrogen-bond acceptors (Lipinski definition) is 2. The molecular formula is C13H25N3. The van der Waals surface area contributed by atoms with E-state index in [9.17, 15) is 0 Å². The minimum absolute atomic E-state index is 0.259. The monoisotopic (exact) mass is 223 g/mol. The number of nitrogens with one attached hydrogen (secondary N) is 1. The Balaban J connectivity index is 2.86. The van der Waals surface area contributed by atoms with Crippen LogP contribution in [-0.4, -0.2) is 16.8 Å². The first-order chi connectivity index (χ1) is 7.55. The number of hydrogen-bond donors (Lipinski definition) is 1. The lowest BCUT2D eigenvalue weighted by atomic mass is 9.79. The second-order valence-corrected chi connectivity index (χ2v) is 5.10. The largest absolute Gasteiger partial charge is 0.312 e. The zero-order valence-electron chi connectivity index (χ0n) is 11.2. The van der Waals surface area contributed by atoms with Gasteiger partial charge in [-0.1, -0.05) is 27.7 Å². The van der Waals surface area contributed by atoms with Crippen LogP contribution in [0, 0.1) is 5.41 Å². The van der Waals surface area contributed by atoms with Crippen molar-refractivity contribution in [1.29, 1.82) is 0 Å². The summed E-state index contributed by atoms with van der Waals surface area (Å²) in [5.74, 6) is 0. The zero-order chi connectivity index (χ0) is 12.2. The smallest absolute Gasteiger partial charge is 0.0537 e. The van der Waals surface area contributed by atoms with Crippen LogP contribution in [0.2, 0.25) is 0 Å². The van der Waals surface area contributed by atoms with Crippen molar-refractivity contribution in [2.75, 3.05) is 7.05 Å². The molecule has 0 aliphatic carbocycles. The summed E-state index contributed by atoms with van der Waals surface area (Å²) < 4.78 is 2.03. The molecule has 1 aromatic rings. The van der Waals surface area contributed by atoms with Gasteiger partial charge in [-0.15, -0.1) is 0 Å². The molecule has 0 radical (unpaired) electrons. The molecule has 0 saturated heterocycles. The molecule has 1 aromatic heterocycles. The second-order valence-electron chi connectivity index (χ2n) is 5.10. The Labute approximate surface area is 99.2 Å². The van der Waals surface area contributed by atoms with Crippen LogP contribution < -0.4 is 5.32 Å². The van der Waals surface area contributed by atoms with Gasteiger partial charge in [0, 0.05) is 24.3 Å². The fourth-order valence-electron chi connectivity index (χ4n) is 2.09. The lowest BCUT2D eigenvalue weighted by molar-refractivity contribution is 0.245. The molecule has 1 unspecified atom stereocenters. The fraction of sp³-hybridized carbons (Fsp3) is 0.769.